The molecule has 1 saturated heterocycles. The van der Waals surface area contributed by atoms with Crippen LogP contribution in [0.3, 0.4) is 0 Å². The van der Waals surface area contributed by atoms with E-state index in [0.29, 0.717) is 11.3 Å². The Morgan fingerprint density at radius 3 is 2.44 bits per heavy atom. The fourth-order valence-corrected chi connectivity index (χ4v) is 4.21. The molecule has 1 heterocycles. The van der Waals surface area contributed by atoms with E-state index >= 15 is 0 Å². The van der Waals surface area contributed by atoms with Gasteiger partial charge in [0, 0.05) is 24.8 Å². The molecule has 3 rings (SSSR count). The maximum Gasteiger partial charge on any atom is 0.294 e. The number of nitro benzene ring substituents is 1. The minimum Gasteiger partial charge on any atom is -0.379 e. The topological polar surface area (TPSA) is 102 Å². The molecule has 0 amide bonds. The quantitative estimate of drug-likeness (QED) is 0.617. The van der Waals surface area contributed by atoms with Gasteiger partial charge in [0.15, 0.2) is 0 Å². The normalized spacial score (nSPS) is 15.5. The summed E-state index contributed by atoms with van der Waals surface area (Å²) >= 11 is 0. The maximum atomic E-state index is 13.2. The molecule has 144 valence electrons. The summed E-state index contributed by atoms with van der Waals surface area (Å²) in [6.07, 6.45) is 0. The number of hydrogen-bond acceptors (Lipinski definition) is 6. The van der Waals surface area contributed by atoms with Crippen LogP contribution in [0, 0.1) is 22.9 Å². The van der Waals surface area contributed by atoms with Gasteiger partial charge in [0.25, 0.3) is 5.69 Å². The Bertz CT molecular complexity index is 975. The average molecular weight is 395 g/mol. The van der Waals surface area contributed by atoms with Crippen LogP contribution in [-0.2, 0) is 14.8 Å². The third-order valence-corrected chi connectivity index (χ3v) is 6.13. The molecule has 0 aliphatic carbocycles. The summed E-state index contributed by atoms with van der Waals surface area (Å²) in [4.78, 5) is 10.7. The Morgan fingerprint density at radius 2 is 1.81 bits per heavy atom. The number of anilines is 2. The van der Waals surface area contributed by atoms with Gasteiger partial charge in [0.2, 0.25) is 10.0 Å². The van der Waals surface area contributed by atoms with E-state index < -0.39 is 20.8 Å². The number of nitrogens with one attached hydrogen (secondary N) is 1. The minimum atomic E-state index is -3.85. The second-order valence-corrected chi connectivity index (χ2v) is 7.97. The van der Waals surface area contributed by atoms with E-state index in [1.54, 1.807) is 6.92 Å². The van der Waals surface area contributed by atoms with Crippen molar-refractivity contribution in [2.45, 2.75) is 11.8 Å². The van der Waals surface area contributed by atoms with Crippen LogP contribution in [0.5, 0.6) is 0 Å². The van der Waals surface area contributed by atoms with Crippen molar-refractivity contribution in [3.05, 3.63) is 57.9 Å². The molecule has 1 aliphatic rings. The molecule has 0 aromatic heterocycles. The van der Waals surface area contributed by atoms with Gasteiger partial charge in [-0.2, -0.15) is 4.31 Å². The highest BCUT2D eigenvalue weighted by molar-refractivity contribution is 7.89. The largest absolute Gasteiger partial charge is 0.379 e. The van der Waals surface area contributed by atoms with Crippen molar-refractivity contribution >= 4 is 27.1 Å². The summed E-state index contributed by atoms with van der Waals surface area (Å²) in [6.45, 7) is 2.62. The molecule has 0 bridgehead atoms. The lowest BCUT2D eigenvalue weighted by Crippen LogP contribution is -2.40. The molecule has 0 spiro atoms. The highest BCUT2D eigenvalue weighted by Crippen LogP contribution is 2.32. The monoisotopic (exact) mass is 395 g/mol. The third-order valence-electron chi connectivity index (χ3n) is 4.23. The van der Waals surface area contributed by atoms with Gasteiger partial charge in [0.05, 0.1) is 23.0 Å². The van der Waals surface area contributed by atoms with Crippen LogP contribution in [0.2, 0.25) is 0 Å². The lowest BCUT2D eigenvalue weighted by atomic mass is 10.2. The first kappa shape index (κ1) is 19.2. The van der Waals surface area contributed by atoms with E-state index in [0.717, 1.165) is 6.07 Å². The molecule has 0 saturated carbocycles. The SMILES string of the molecule is Cc1cc(F)ccc1Nc1ccc(S(=O)(=O)N2CCOCC2)cc1[N+](=O)[O-]. The van der Waals surface area contributed by atoms with Gasteiger partial charge in [-0.25, -0.2) is 12.8 Å². The number of aryl methyl sites for hydroxylation is 1. The van der Waals surface area contributed by atoms with E-state index in [4.69, 9.17) is 4.74 Å². The summed E-state index contributed by atoms with van der Waals surface area (Å²) in [7, 11) is -3.85. The molecule has 0 unspecified atom stereocenters. The second-order valence-electron chi connectivity index (χ2n) is 6.04. The molecule has 8 nitrogen and oxygen atoms in total. The standard InChI is InChI=1S/C17H18FN3O5S/c1-12-10-13(18)2-4-15(12)19-16-5-3-14(11-17(16)21(22)23)27(24,25)20-6-8-26-9-7-20/h2-5,10-11,19H,6-9H2,1H3. The van der Waals surface area contributed by atoms with E-state index in [2.05, 4.69) is 5.32 Å². The first-order chi connectivity index (χ1) is 12.8. The number of halogens is 1. The number of ether oxygens (including phenoxy) is 1. The lowest BCUT2D eigenvalue weighted by Gasteiger charge is -2.26. The van der Waals surface area contributed by atoms with Crippen molar-refractivity contribution in [3.8, 4) is 0 Å². The Kier molecular flexibility index (Phi) is 5.40. The third kappa shape index (κ3) is 4.07. The van der Waals surface area contributed by atoms with Crippen molar-refractivity contribution in [1.82, 2.24) is 4.31 Å². The minimum absolute atomic E-state index is 0.121. The van der Waals surface area contributed by atoms with Gasteiger partial charge >= 0.3 is 0 Å². The highest BCUT2D eigenvalue weighted by Gasteiger charge is 2.29. The first-order valence-corrected chi connectivity index (χ1v) is 9.62. The predicted octanol–water partition coefficient (Wildman–Crippen LogP) is 2.81. The molecule has 1 aliphatic heterocycles. The number of benzene rings is 2. The number of hydrogen-bond donors (Lipinski definition) is 1. The maximum absolute atomic E-state index is 13.2. The van der Waals surface area contributed by atoms with Crippen molar-refractivity contribution in [3.63, 3.8) is 0 Å². The molecule has 0 radical (unpaired) electrons. The van der Waals surface area contributed by atoms with Crippen LogP contribution in [0.15, 0.2) is 41.3 Å². The first-order valence-electron chi connectivity index (χ1n) is 8.18. The zero-order valence-electron chi connectivity index (χ0n) is 14.5. The zero-order chi connectivity index (χ0) is 19.6. The lowest BCUT2D eigenvalue weighted by molar-refractivity contribution is -0.384. The van der Waals surface area contributed by atoms with Gasteiger partial charge in [-0.3, -0.25) is 10.1 Å². The molecule has 27 heavy (non-hydrogen) atoms. The highest BCUT2D eigenvalue weighted by atomic mass is 32.2. The van der Waals surface area contributed by atoms with Gasteiger partial charge in [0.1, 0.15) is 11.5 Å². The van der Waals surface area contributed by atoms with Gasteiger partial charge in [-0.05, 0) is 42.8 Å². The second kappa shape index (κ2) is 7.59. The van der Waals surface area contributed by atoms with Gasteiger partial charge in [-0.1, -0.05) is 0 Å². The zero-order valence-corrected chi connectivity index (χ0v) is 15.3. The number of morpholine rings is 1. The fraction of sp³-hybridized carbons (Fsp3) is 0.294. The Morgan fingerprint density at radius 1 is 1.15 bits per heavy atom. The van der Waals surface area contributed by atoms with Crippen LogP contribution in [0.4, 0.5) is 21.5 Å². The Hall–Kier alpha value is -2.56. The van der Waals surface area contributed by atoms with Crippen molar-refractivity contribution in [2.75, 3.05) is 31.6 Å². The van der Waals surface area contributed by atoms with Crippen LogP contribution < -0.4 is 5.32 Å². The van der Waals surface area contributed by atoms with Crippen LogP contribution in [0.25, 0.3) is 0 Å². The molecule has 1 fully saturated rings. The summed E-state index contributed by atoms with van der Waals surface area (Å²) in [5, 5.41) is 14.4. The van der Waals surface area contributed by atoms with Crippen molar-refractivity contribution in [1.29, 1.82) is 0 Å². The van der Waals surface area contributed by atoms with E-state index in [-0.39, 0.29) is 42.6 Å². The van der Waals surface area contributed by atoms with E-state index in [1.807, 2.05) is 0 Å². The Labute approximate surface area is 155 Å². The molecule has 1 N–H and O–H groups in total. The van der Waals surface area contributed by atoms with Crippen LogP contribution in [0.1, 0.15) is 5.56 Å². The number of rotatable bonds is 5. The molecule has 2 aromatic rings. The van der Waals surface area contributed by atoms with Crippen LogP contribution >= 0.6 is 0 Å². The fourth-order valence-electron chi connectivity index (χ4n) is 2.78. The smallest absolute Gasteiger partial charge is 0.294 e. The predicted molar refractivity (Wildman–Crippen MR) is 97.1 cm³/mol. The van der Waals surface area contributed by atoms with Crippen molar-refractivity contribution < 1.29 is 22.5 Å². The summed E-state index contributed by atoms with van der Waals surface area (Å²) in [5.74, 6) is -0.417. The summed E-state index contributed by atoms with van der Waals surface area (Å²) in [6, 6.07) is 7.69. The van der Waals surface area contributed by atoms with Gasteiger partial charge in [-0.15, -0.1) is 0 Å². The Balaban J connectivity index is 1.96. The average Bonchev–Trinajstić information content (AvgIpc) is 2.64. The summed E-state index contributed by atoms with van der Waals surface area (Å²) < 4.78 is 45.0. The number of nitro groups is 1. The molecular formula is C17H18FN3O5S. The van der Waals surface area contributed by atoms with Gasteiger partial charge < -0.3 is 10.1 Å². The molecule has 2 aromatic carbocycles. The van der Waals surface area contributed by atoms with Crippen molar-refractivity contribution in [2.24, 2.45) is 0 Å². The van der Waals surface area contributed by atoms with E-state index in [1.165, 1.54) is 34.6 Å². The summed E-state index contributed by atoms with van der Waals surface area (Å²) in [5.41, 5.74) is 0.793. The number of nitrogens with zero attached hydrogens (tertiary/aromatic N) is 2. The number of sulfonamides is 1. The van der Waals surface area contributed by atoms with Crippen LogP contribution in [-0.4, -0.2) is 43.9 Å². The van der Waals surface area contributed by atoms with E-state index in [9.17, 15) is 22.9 Å². The molecule has 0 atom stereocenters. The molecule has 10 heteroatoms. The molecular weight excluding hydrogens is 377 g/mol.